The number of hydrogen-bond acceptors (Lipinski definition) is 4. The summed E-state index contributed by atoms with van der Waals surface area (Å²) in [5.41, 5.74) is 2.44. The Labute approximate surface area is 124 Å². The number of nitrogens with zero attached hydrogens (tertiary/aromatic N) is 2. The maximum absolute atomic E-state index is 11.0. The van der Waals surface area contributed by atoms with Crippen LogP contribution in [0.1, 0.15) is 10.4 Å². The van der Waals surface area contributed by atoms with Crippen molar-refractivity contribution in [2.75, 3.05) is 0 Å². The highest BCUT2D eigenvalue weighted by Gasteiger charge is 2.09. The first-order valence-corrected chi connectivity index (χ1v) is 7.13. The summed E-state index contributed by atoms with van der Waals surface area (Å²) in [5.74, 6) is 0. The average Bonchev–Trinajstić information content (AvgIpc) is 2.98. The smallest absolute Gasteiger partial charge is 0.252 e. The van der Waals surface area contributed by atoms with Crippen molar-refractivity contribution in [3.8, 4) is 21.1 Å². The predicted molar refractivity (Wildman–Crippen MR) is 81.0 cm³/mol. The number of carbonyl (C=O) groups excluding carboxylic acids is 1. The lowest BCUT2D eigenvalue weighted by molar-refractivity contribution is 0.108. The van der Waals surface area contributed by atoms with Crippen molar-refractivity contribution in [3.63, 3.8) is 0 Å². The molecular weight excluding hydrogens is 292 g/mol. The Morgan fingerprint density at radius 1 is 0.850 bits per heavy atom. The number of rotatable bonds is 3. The second-order valence-corrected chi connectivity index (χ2v) is 5.45. The molecule has 0 unspecified atom stereocenters. The summed E-state index contributed by atoms with van der Waals surface area (Å²) in [4.78, 5) is 11.0. The van der Waals surface area contributed by atoms with Gasteiger partial charge in [0.1, 0.15) is 10.0 Å². The van der Waals surface area contributed by atoms with Crippen molar-refractivity contribution in [1.82, 2.24) is 10.2 Å². The molecule has 0 aliphatic rings. The zero-order chi connectivity index (χ0) is 13.9. The van der Waals surface area contributed by atoms with Crippen LogP contribution in [-0.4, -0.2) is 15.4 Å². The van der Waals surface area contributed by atoms with Crippen LogP contribution in [0.3, 0.4) is 0 Å². The molecule has 0 bridgehead atoms. The first kappa shape index (κ1) is 13.0. The van der Waals surface area contributed by atoms with Crippen LogP contribution in [0.15, 0.2) is 54.6 Å². The molecule has 2 aromatic carbocycles. The van der Waals surface area contributed by atoms with Crippen molar-refractivity contribution in [1.29, 1.82) is 0 Å². The van der Waals surface area contributed by atoms with Crippen LogP contribution in [0.4, 0.5) is 0 Å². The van der Waals surface area contributed by atoms with Gasteiger partial charge in [0.05, 0.1) is 0 Å². The van der Waals surface area contributed by atoms with Gasteiger partial charge in [0, 0.05) is 16.7 Å². The highest BCUT2D eigenvalue weighted by molar-refractivity contribution is 7.17. The first-order valence-electron chi connectivity index (χ1n) is 5.93. The van der Waals surface area contributed by atoms with Crippen molar-refractivity contribution in [2.45, 2.75) is 0 Å². The molecule has 0 radical (unpaired) electrons. The molecule has 0 N–H and O–H groups in total. The van der Waals surface area contributed by atoms with Gasteiger partial charge in [-0.1, -0.05) is 53.8 Å². The third-order valence-electron chi connectivity index (χ3n) is 2.80. The molecule has 20 heavy (non-hydrogen) atoms. The molecule has 0 atom stereocenters. The Kier molecular flexibility index (Phi) is 3.58. The van der Waals surface area contributed by atoms with Crippen molar-refractivity contribution in [3.05, 3.63) is 60.2 Å². The van der Waals surface area contributed by atoms with E-state index in [9.17, 15) is 4.79 Å². The van der Waals surface area contributed by atoms with Gasteiger partial charge in [-0.25, -0.2) is 0 Å². The molecule has 0 spiro atoms. The standard InChI is InChI=1S/C15H9ClN2OS/c16-13(19)10-6-8-12(9-7-10)15-18-17-14(20-15)11-4-2-1-3-5-11/h1-9H. The fourth-order valence-corrected chi connectivity index (χ4v) is 2.76. The van der Waals surface area contributed by atoms with Gasteiger partial charge < -0.3 is 0 Å². The van der Waals surface area contributed by atoms with E-state index in [1.54, 1.807) is 12.1 Å². The number of benzene rings is 2. The first-order chi connectivity index (χ1) is 9.74. The van der Waals surface area contributed by atoms with Crippen LogP contribution < -0.4 is 0 Å². The second kappa shape index (κ2) is 5.53. The highest BCUT2D eigenvalue weighted by atomic mass is 35.5. The van der Waals surface area contributed by atoms with Crippen LogP contribution >= 0.6 is 22.9 Å². The molecule has 3 aromatic rings. The molecule has 0 aliphatic carbocycles. The summed E-state index contributed by atoms with van der Waals surface area (Å²) in [7, 11) is 0. The molecule has 0 fully saturated rings. The number of carbonyl (C=O) groups is 1. The molecule has 0 aliphatic heterocycles. The normalized spacial score (nSPS) is 10.4. The topological polar surface area (TPSA) is 42.9 Å². The lowest BCUT2D eigenvalue weighted by Crippen LogP contribution is -1.87. The van der Waals surface area contributed by atoms with E-state index in [0.29, 0.717) is 5.56 Å². The van der Waals surface area contributed by atoms with Crippen LogP contribution in [0, 0.1) is 0 Å². The fraction of sp³-hybridized carbons (Fsp3) is 0. The van der Waals surface area contributed by atoms with Crippen molar-refractivity contribution in [2.24, 2.45) is 0 Å². The lowest BCUT2D eigenvalue weighted by Gasteiger charge is -1.96. The van der Waals surface area contributed by atoms with Gasteiger partial charge in [-0.05, 0) is 23.7 Å². The number of halogens is 1. The number of aromatic nitrogens is 2. The summed E-state index contributed by atoms with van der Waals surface area (Å²) in [6, 6.07) is 16.9. The van der Waals surface area contributed by atoms with Crippen LogP contribution in [-0.2, 0) is 0 Å². The molecular formula is C15H9ClN2OS. The van der Waals surface area contributed by atoms with E-state index in [2.05, 4.69) is 10.2 Å². The van der Waals surface area contributed by atoms with E-state index in [0.717, 1.165) is 21.1 Å². The summed E-state index contributed by atoms with van der Waals surface area (Å²) in [6.45, 7) is 0. The molecule has 0 amide bonds. The van der Waals surface area contributed by atoms with E-state index < -0.39 is 5.24 Å². The van der Waals surface area contributed by atoms with Gasteiger partial charge in [-0.15, -0.1) is 10.2 Å². The summed E-state index contributed by atoms with van der Waals surface area (Å²) < 4.78 is 0. The van der Waals surface area contributed by atoms with E-state index in [4.69, 9.17) is 11.6 Å². The minimum atomic E-state index is -0.459. The lowest BCUT2D eigenvalue weighted by atomic mass is 10.1. The molecule has 1 aromatic heterocycles. The summed E-state index contributed by atoms with van der Waals surface area (Å²) >= 11 is 6.93. The molecule has 0 saturated heterocycles. The molecule has 98 valence electrons. The van der Waals surface area contributed by atoms with Crippen LogP contribution in [0.5, 0.6) is 0 Å². The van der Waals surface area contributed by atoms with E-state index in [1.165, 1.54) is 11.3 Å². The summed E-state index contributed by atoms with van der Waals surface area (Å²) in [6.07, 6.45) is 0. The largest absolute Gasteiger partial charge is 0.276 e. The predicted octanol–water partition coefficient (Wildman–Crippen LogP) is 4.25. The minimum Gasteiger partial charge on any atom is -0.276 e. The molecule has 5 heteroatoms. The Bertz CT molecular complexity index is 738. The van der Waals surface area contributed by atoms with Crippen LogP contribution in [0.25, 0.3) is 21.1 Å². The Morgan fingerprint density at radius 2 is 1.40 bits per heavy atom. The van der Waals surface area contributed by atoms with Gasteiger partial charge in [0.25, 0.3) is 5.24 Å². The molecule has 0 saturated carbocycles. The third kappa shape index (κ3) is 2.61. The number of hydrogen-bond donors (Lipinski definition) is 0. The molecule has 1 heterocycles. The van der Waals surface area contributed by atoms with Gasteiger partial charge in [0.15, 0.2) is 0 Å². The van der Waals surface area contributed by atoms with Crippen molar-refractivity contribution >= 4 is 28.2 Å². The maximum Gasteiger partial charge on any atom is 0.252 e. The summed E-state index contributed by atoms with van der Waals surface area (Å²) in [5, 5.41) is 9.61. The monoisotopic (exact) mass is 300 g/mol. The van der Waals surface area contributed by atoms with Crippen LogP contribution in [0.2, 0.25) is 0 Å². The Morgan fingerprint density at radius 3 is 1.95 bits per heavy atom. The highest BCUT2D eigenvalue weighted by Crippen LogP contribution is 2.29. The average molecular weight is 301 g/mol. The maximum atomic E-state index is 11.0. The fourth-order valence-electron chi connectivity index (χ4n) is 1.78. The molecule has 3 rings (SSSR count). The Hall–Kier alpha value is -2.04. The van der Waals surface area contributed by atoms with Gasteiger partial charge in [-0.2, -0.15) is 0 Å². The van der Waals surface area contributed by atoms with E-state index in [-0.39, 0.29) is 0 Å². The third-order valence-corrected chi connectivity index (χ3v) is 4.04. The van der Waals surface area contributed by atoms with E-state index in [1.807, 2.05) is 42.5 Å². The van der Waals surface area contributed by atoms with Gasteiger partial charge >= 0.3 is 0 Å². The quantitative estimate of drug-likeness (QED) is 0.679. The SMILES string of the molecule is O=C(Cl)c1ccc(-c2nnc(-c3ccccc3)s2)cc1. The van der Waals surface area contributed by atoms with Crippen molar-refractivity contribution < 1.29 is 4.79 Å². The van der Waals surface area contributed by atoms with Gasteiger partial charge in [0.2, 0.25) is 0 Å². The van der Waals surface area contributed by atoms with Gasteiger partial charge in [-0.3, -0.25) is 4.79 Å². The minimum absolute atomic E-state index is 0.459. The Balaban J connectivity index is 1.92. The zero-order valence-electron chi connectivity index (χ0n) is 10.3. The zero-order valence-corrected chi connectivity index (χ0v) is 11.9. The van der Waals surface area contributed by atoms with E-state index >= 15 is 0 Å². The molecule has 3 nitrogen and oxygen atoms in total. The second-order valence-electron chi connectivity index (χ2n) is 4.13.